The second kappa shape index (κ2) is 6.74. The maximum atomic E-state index is 6.84. The van der Waals surface area contributed by atoms with Crippen LogP contribution in [0.3, 0.4) is 0 Å². The molecule has 0 fully saturated rings. The number of fused-ring (bicyclic) bond motifs is 10. The molecule has 0 amide bonds. The van der Waals surface area contributed by atoms with Crippen LogP contribution in [-0.2, 0) is 5.41 Å². The van der Waals surface area contributed by atoms with E-state index in [1.165, 1.54) is 32.6 Å². The molecule has 0 saturated heterocycles. The van der Waals surface area contributed by atoms with Crippen molar-refractivity contribution in [2.75, 3.05) is 0 Å². The number of benzene rings is 5. The fourth-order valence-corrected chi connectivity index (χ4v) is 5.45. The average molecular weight is 440 g/mol. The van der Waals surface area contributed by atoms with E-state index in [1.54, 1.807) is 0 Å². The van der Waals surface area contributed by atoms with Gasteiger partial charge in [-0.2, -0.15) is 0 Å². The van der Waals surface area contributed by atoms with Crippen LogP contribution in [0.5, 0.6) is 0 Å². The molecule has 34 heavy (non-hydrogen) atoms. The Morgan fingerprint density at radius 1 is 0.588 bits per heavy atom. The molecular weight excluding hydrogens is 414 g/mol. The Balaban J connectivity index is 1.79. The van der Waals surface area contributed by atoms with E-state index < -0.39 is 0 Å². The largest absolute Gasteiger partial charge is 0.453 e. The Labute approximate surface area is 198 Å². The smallest absolute Gasteiger partial charge is 0.161 e. The predicted octanol–water partition coefficient (Wildman–Crippen LogP) is 9.13. The lowest BCUT2D eigenvalue weighted by atomic mass is 9.86. The van der Waals surface area contributed by atoms with Crippen molar-refractivity contribution >= 4 is 54.5 Å². The van der Waals surface area contributed by atoms with Crippen molar-refractivity contribution in [2.24, 2.45) is 0 Å². The highest BCUT2D eigenvalue weighted by molar-refractivity contribution is 6.32. The quantitative estimate of drug-likeness (QED) is 0.233. The van der Waals surface area contributed by atoms with E-state index >= 15 is 0 Å². The Hall–Kier alpha value is -4.04. The van der Waals surface area contributed by atoms with Gasteiger partial charge >= 0.3 is 0 Å². The molecule has 0 radical (unpaired) electrons. The number of hydrogen-bond donors (Lipinski definition) is 0. The van der Waals surface area contributed by atoms with Crippen LogP contribution in [0.1, 0.15) is 26.3 Å². The zero-order valence-corrected chi connectivity index (χ0v) is 19.6. The molecule has 0 aliphatic rings. The maximum absolute atomic E-state index is 6.84. The molecule has 0 spiro atoms. The van der Waals surface area contributed by atoms with E-state index in [2.05, 4.69) is 122 Å². The van der Waals surface area contributed by atoms with Gasteiger partial charge in [0.25, 0.3) is 0 Å². The Kier molecular flexibility index (Phi) is 3.85. The van der Waals surface area contributed by atoms with Gasteiger partial charge in [0.1, 0.15) is 11.1 Å². The molecule has 164 valence electrons. The van der Waals surface area contributed by atoms with Crippen LogP contribution >= 0.6 is 0 Å². The number of para-hydroxylation sites is 1. The number of hydrogen-bond acceptors (Lipinski definition) is 1. The molecule has 2 nitrogen and oxygen atoms in total. The third kappa shape index (κ3) is 2.57. The van der Waals surface area contributed by atoms with Gasteiger partial charge in [0, 0.05) is 16.5 Å². The van der Waals surface area contributed by atoms with Crippen molar-refractivity contribution in [1.29, 1.82) is 0 Å². The van der Waals surface area contributed by atoms with Crippen LogP contribution in [0.4, 0.5) is 0 Å². The summed E-state index contributed by atoms with van der Waals surface area (Å²) in [6.45, 7) is 6.79. The van der Waals surface area contributed by atoms with Gasteiger partial charge in [0.15, 0.2) is 5.58 Å². The van der Waals surface area contributed by atoms with Crippen molar-refractivity contribution in [1.82, 2.24) is 4.57 Å². The topological polar surface area (TPSA) is 18.1 Å². The Morgan fingerprint density at radius 2 is 1.21 bits per heavy atom. The lowest BCUT2D eigenvalue weighted by molar-refractivity contribution is 0.591. The molecule has 0 saturated carbocycles. The molecule has 0 aliphatic carbocycles. The van der Waals surface area contributed by atoms with Crippen molar-refractivity contribution in [2.45, 2.75) is 26.2 Å². The van der Waals surface area contributed by atoms with Gasteiger partial charge in [-0.05, 0) is 51.4 Å². The standard InChI is InChI=1S/C32H25NO/c1-32(2,3)20-17-18-27-26(19-20)31-29(33(27)21-11-5-4-6-12-21)28-24-15-9-7-13-22(24)23-14-8-10-16-25(23)30(28)34-31/h4-19H,1-3H3. The van der Waals surface area contributed by atoms with Crippen molar-refractivity contribution in [3.8, 4) is 5.69 Å². The lowest BCUT2D eigenvalue weighted by Crippen LogP contribution is -2.10. The number of furan rings is 1. The summed E-state index contributed by atoms with van der Waals surface area (Å²) in [6, 6.07) is 34.8. The highest BCUT2D eigenvalue weighted by atomic mass is 16.3. The fraction of sp³-hybridized carbons (Fsp3) is 0.125. The molecular formula is C32H25NO. The molecule has 0 aliphatic heterocycles. The lowest BCUT2D eigenvalue weighted by Gasteiger charge is -2.19. The summed E-state index contributed by atoms with van der Waals surface area (Å²) in [5, 5.41) is 7.22. The van der Waals surface area contributed by atoms with Crippen LogP contribution in [0, 0.1) is 0 Å². The first-order valence-electron chi connectivity index (χ1n) is 11.9. The van der Waals surface area contributed by atoms with Gasteiger partial charge in [0.2, 0.25) is 0 Å². The van der Waals surface area contributed by atoms with Crippen molar-refractivity contribution in [3.05, 3.63) is 103 Å². The third-order valence-electron chi connectivity index (χ3n) is 7.13. The van der Waals surface area contributed by atoms with Gasteiger partial charge in [-0.25, -0.2) is 0 Å². The second-order valence-corrected chi connectivity index (χ2v) is 10.2. The van der Waals surface area contributed by atoms with Gasteiger partial charge in [-0.1, -0.05) is 93.6 Å². The molecule has 2 heterocycles. The van der Waals surface area contributed by atoms with E-state index in [-0.39, 0.29) is 5.41 Å². The first kappa shape index (κ1) is 19.4. The first-order valence-corrected chi connectivity index (χ1v) is 11.9. The minimum atomic E-state index is 0.0563. The monoisotopic (exact) mass is 439 g/mol. The molecule has 0 bridgehead atoms. The van der Waals surface area contributed by atoms with E-state index in [9.17, 15) is 0 Å². The second-order valence-electron chi connectivity index (χ2n) is 10.2. The van der Waals surface area contributed by atoms with E-state index in [4.69, 9.17) is 4.42 Å². The normalized spacial score (nSPS) is 12.6. The zero-order valence-electron chi connectivity index (χ0n) is 19.6. The fourth-order valence-electron chi connectivity index (χ4n) is 5.45. The van der Waals surface area contributed by atoms with Crippen LogP contribution in [0.2, 0.25) is 0 Å². The maximum Gasteiger partial charge on any atom is 0.161 e. The summed E-state index contributed by atoms with van der Waals surface area (Å²) in [5.74, 6) is 0. The van der Waals surface area contributed by atoms with Gasteiger partial charge in [-0.15, -0.1) is 0 Å². The van der Waals surface area contributed by atoms with Gasteiger partial charge in [-0.3, -0.25) is 0 Å². The molecule has 7 aromatic rings. The summed E-state index contributed by atoms with van der Waals surface area (Å²) in [6.07, 6.45) is 0. The first-order chi connectivity index (χ1) is 16.5. The molecule has 0 unspecified atom stereocenters. The number of nitrogens with zero attached hydrogens (tertiary/aromatic N) is 1. The van der Waals surface area contributed by atoms with Crippen LogP contribution in [0.15, 0.2) is 101 Å². The van der Waals surface area contributed by atoms with E-state index in [0.29, 0.717) is 0 Å². The molecule has 5 aromatic carbocycles. The molecule has 2 aromatic heterocycles. The summed E-state index contributed by atoms with van der Waals surface area (Å²) in [7, 11) is 0. The highest BCUT2D eigenvalue weighted by Gasteiger charge is 2.24. The molecule has 0 N–H and O–H groups in total. The summed E-state index contributed by atoms with van der Waals surface area (Å²) < 4.78 is 9.22. The number of rotatable bonds is 1. The van der Waals surface area contributed by atoms with E-state index in [0.717, 1.165) is 33.1 Å². The molecule has 0 atom stereocenters. The minimum Gasteiger partial charge on any atom is -0.453 e. The predicted molar refractivity (Wildman–Crippen MR) is 144 cm³/mol. The minimum absolute atomic E-state index is 0.0563. The van der Waals surface area contributed by atoms with Crippen molar-refractivity contribution in [3.63, 3.8) is 0 Å². The highest BCUT2D eigenvalue weighted by Crippen LogP contribution is 2.45. The SMILES string of the molecule is CC(C)(C)c1ccc2c(c1)c1oc3c4ccccc4c4ccccc4c3c1n2-c1ccccc1. The van der Waals surface area contributed by atoms with Gasteiger partial charge < -0.3 is 8.98 Å². The third-order valence-corrected chi connectivity index (χ3v) is 7.13. The van der Waals surface area contributed by atoms with Gasteiger partial charge in [0.05, 0.1) is 10.9 Å². The van der Waals surface area contributed by atoms with Crippen LogP contribution in [-0.4, -0.2) is 4.57 Å². The van der Waals surface area contributed by atoms with Crippen LogP contribution < -0.4 is 0 Å². The summed E-state index contributed by atoms with van der Waals surface area (Å²) >= 11 is 0. The Bertz CT molecular complexity index is 1880. The number of aromatic nitrogens is 1. The molecule has 7 rings (SSSR count). The van der Waals surface area contributed by atoms with Crippen molar-refractivity contribution < 1.29 is 4.42 Å². The average Bonchev–Trinajstić information content (AvgIpc) is 3.39. The summed E-state index contributed by atoms with van der Waals surface area (Å²) in [5.41, 5.74) is 6.75. The Morgan fingerprint density at radius 3 is 1.91 bits per heavy atom. The summed E-state index contributed by atoms with van der Waals surface area (Å²) in [4.78, 5) is 0. The van der Waals surface area contributed by atoms with Crippen LogP contribution in [0.25, 0.3) is 60.2 Å². The zero-order chi connectivity index (χ0) is 23.0. The van der Waals surface area contributed by atoms with E-state index in [1.807, 2.05) is 0 Å². The molecule has 2 heteroatoms.